The Morgan fingerprint density at radius 2 is 2.09 bits per heavy atom. The van der Waals surface area contributed by atoms with Crippen LogP contribution in [-0.4, -0.2) is 37.6 Å². The summed E-state index contributed by atoms with van der Waals surface area (Å²) in [5, 5.41) is 10.7. The van der Waals surface area contributed by atoms with Crippen molar-refractivity contribution in [1.29, 1.82) is 5.26 Å². The predicted molar refractivity (Wildman–Crippen MR) is 42.9 cm³/mol. The Hall–Kier alpha value is -0.590. The van der Waals surface area contributed by atoms with Crippen LogP contribution in [-0.2, 0) is 0 Å². The first-order valence-corrected chi connectivity index (χ1v) is 4.34. The lowest BCUT2D eigenvalue weighted by molar-refractivity contribution is -0.663. The van der Waals surface area contributed by atoms with E-state index in [1.165, 1.54) is 26.2 Å². The van der Waals surface area contributed by atoms with Gasteiger partial charge in [-0.05, 0) is 13.0 Å². The summed E-state index contributed by atoms with van der Waals surface area (Å²) in [4.78, 5) is 2.44. The highest BCUT2D eigenvalue weighted by molar-refractivity contribution is 4.70. The normalized spacial score (nSPS) is 19.5. The fraction of sp³-hybridized carbons (Fsp3) is 0.875. The number of quaternary nitrogens is 1. The molecule has 0 atom stereocenters. The smallest absolute Gasteiger partial charge is 0.0885 e. The van der Waals surface area contributed by atoms with Gasteiger partial charge in [-0.2, -0.15) is 5.26 Å². The Morgan fingerprint density at radius 3 is 2.73 bits per heavy atom. The number of hydrogen-bond acceptors (Lipinski definition) is 2. The van der Waals surface area contributed by atoms with Gasteiger partial charge < -0.3 is 5.32 Å². The number of unbranched alkanes of at least 4 members (excludes halogenated alkanes) is 1. The molecular formula is C8H16N3+. The van der Waals surface area contributed by atoms with Gasteiger partial charge >= 0.3 is 0 Å². The van der Waals surface area contributed by atoms with Gasteiger partial charge in [-0.3, -0.25) is 4.90 Å². The van der Waals surface area contributed by atoms with Gasteiger partial charge in [-0.1, -0.05) is 0 Å². The molecule has 0 aromatic heterocycles. The first kappa shape index (κ1) is 8.51. The van der Waals surface area contributed by atoms with E-state index in [-0.39, 0.29) is 0 Å². The zero-order valence-corrected chi connectivity index (χ0v) is 6.92. The summed E-state index contributed by atoms with van der Waals surface area (Å²) >= 11 is 0. The highest BCUT2D eigenvalue weighted by Crippen LogP contribution is 1.93. The van der Waals surface area contributed by atoms with Crippen LogP contribution in [0.5, 0.6) is 0 Å². The van der Waals surface area contributed by atoms with Gasteiger partial charge in [0.25, 0.3) is 0 Å². The third-order valence-corrected chi connectivity index (χ3v) is 2.06. The third kappa shape index (κ3) is 3.35. The van der Waals surface area contributed by atoms with Gasteiger partial charge in [0.05, 0.1) is 19.2 Å². The quantitative estimate of drug-likeness (QED) is 0.539. The molecule has 62 valence electrons. The Kier molecular flexibility index (Phi) is 3.95. The Morgan fingerprint density at radius 1 is 1.36 bits per heavy atom. The van der Waals surface area contributed by atoms with Crippen molar-refractivity contribution in [3.8, 4) is 6.07 Å². The predicted octanol–water partition coefficient (Wildman–Crippen LogP) is -0.831. The highest BCUT2D eigenvalue weighted by Gasteiger charge is 2.10. The molecule has 1 fully saturated rings. The summed E-state index contributed by atoms with van der Waals surface area (Å²) in [5.74, 6) is 0. The number of nitrogens with two attached hydrogens (primary N) is 1. The molecule has 1 heterocycles. The maximum absolute atomic E-state index is 8.32. The molecule has 0 aromatic carbocycles. The molecule has 0 unspecified atom stereocenters. The van der Waals surface area contributed by atoms with Crippen molar-refractivity contribution in [3.05, 3.63) is 0 Å². The van der Waals surface area contributed by atoms with Gasteiger partial charge in [0, 0.05) is 19.5 Å². The van der Waals surface area contributed by atoms with E-state index in [0.29, 0.717) is 6.42 Å². The van der Waals surface area contributed by atoms with Crippen LogP contribution in [0.3, 0.4) is 0 Å². The number of hydrogen-bond donors (Lipinski definition) is 1. The molecular weight excluding hydrogens is 138 g/mol. The van der Waals surface area contributed by atoms with E-state index in [4.69, 9.17) is 5.26 Å². The molecule has 1 aliphatic rings. The first-order chi connectivity index (χ1) is 5.43. The van der Waals surface area contributed by atoms with Crippen molar-refractivity contribution in [1.82, 2.24) is 4.90 Å². The van der Waals surface area contributed by atoms with Crippen molar-refractivity contribution < 1.29 is 5.32 Å². The Bertz CT molecular complexity index is 133. The first-order valence-electron chi connectivity index (χ1n) is 4.34. The number of rotatable bonds is 3. The van der Waals surface area contributed by atoms with Crippen molar-refractivity contribution in [2.45, 2.75) is 12.8 Å². The lowest BCUT2D eigenvalue weighted by Crippen LogP contribution is -2.89. The van der Waals surface area contributed by atoms with E-state index in [1.807, 2.05) is 0 Å². The summed E-state index contributed by atoms with van der Waals surface area (Å²) in [6.07, 6.45) is 1.75. The lowest BCUT2D eigenvalue weighted by Gasteiger charge is -2.24. The Balaban J connectivity index is 2.01. The molecule has 1 saturated heterocycles. The third-order valence-electron chi connectivity index (χ3n) is 2.06. The maximum Gasteiger partial charge on any atom is 0.0885 e. The van der Waals surface area contributed by atoms with E-state index >= 15 is 0 Å². The van der Waals surface area contributed by atoms with E-state index < -0.39 is 0 Å². The van der Waals surface area contributed by atoms with Crippen LogP contribution in [0.25, 0.3) is 0 Å². The number of nitrogens with zero attached hydrogens (tertiary/aromatic N) is 2. The zero-order chi connectivity index (χ0) is 7.94. The summed E-state index contributed by atoms with van der Waals surface area (Å²) < 4.78 is 0. The molecule has 0 aliphatic carbocycles. The van der Waals surface area contributed by atoms with E-state index in [2.05, 4.69) is 16.3 Å². The van der Waals surface area contributed by atoms with Gasteiger partial charge in [-0.25, -0.2) is 0 Å². The van der Waals surface area contributed by atoms with Gasteiger partial charge in [0.15, 0.2) is 0 Å². The largest absolute Gasteiger partial charge is 0.344 e. The summed E-state index contributed by atoms with van der Waals surface area (Å²) in [5.41, 5.74) is 0. The van der Waals surface area contributed by atoms with Crippen LogP contribution in [0, 0.1) is 11.3 Å². The molecule has 0 radical (unpaired) electrons. The van der Waals surface area contributed by atoms with Crippen LogP contribution in [0.1, 0.15) is 12.8 Å². The molecule has 3 heteroatoms. The van der Waals surface area contributed by atoms with Crippen LogP contribution in [0.2, 0.25) is 0 Å². The summed E-state index contributed by atoms with van der Waals surface area (Å²) in [6.45, 7) is 5.97. The van der Waals surface area contributed by atoms with Gasteiger partial charge in [0.2, 0.25) is 0 Å². The van der Waals surface area contributed by atoms with Crippen LogP contribution >= 0.6 is 0 Å². The highest BCUT2D eigenvalue weighted by atomic mass is 15.2. The topological polar surface area (TPSA) is 43.6 Å². The summed E-state index contributed by atoms with van der Waals surface area (Å²) in [6, 6.07) is 2.17. The van der Waals surface area contributed by atoms with Crippen molar-refractivity contribution in [2.24, 2.45) is 0 Å². The van der Waals surface area contributed by atoms with Crippen LogP contribution in [0.4, 0.5) is 0 Å². The number of piperazine rings is 1. The SMILES string of the molecule is N#CCCCN1CC[NH2+]CC1. The maximum atomic E-state index is 8.32. The van der Waals surface area contributed by atoms with E-state index in [1.54, 1.807) is 0 Å². The van der Waals surface area contributed by atoms with Crippen LogP contribution < -0.4 is 5.32 Å². The molecule has 0 bridgehead atoms. The minimum Gasteiger partial charge on any atom is -0.344 e. The average Bonchev–Trinajstić information content (AvgIpc) is 2.07. The molecule has 1 rings (SSSR count). The van der Waals surface area contributed by atoms with Gasteiger partial charge in [0.1, 0.15) is 0 Å². The molecule has 1 aliphatic heterocycles. The molecule has 3 nitrogen and oxygen atoms in total. The minimum atomic E-state index is 0.709. The Labute approximate surface area is 68.0 Å². The molecule has 0 saturated carbocycles. The summed E-state index contributed by atoms with van der Waals surface area (Å²) in [7, 11) is 0. The monoisotopic (exact) mass is 154 g/mol. The van der Waals surface area contributed by atoms with E-state index in [0.717, 1.165) is 13.0 Å². The minimum absolute atomic E-state index is 0.709. The zero-order valence-electron chi connectivity index (χ0n) is 6.92. The fourth-order valence-corrected chi connectivity index (χ4v) is 1.41. The fourth-order valence-electron chi connectivity index (χ4n) is 1.41. The number of nitriles is 1. The standard InChI is InChI=1S/C8H15N3/c9-3-1-2-6-11-7-4-10-5-8-11/h10H,1-2,4-8H2/p+1. The second-order valence-electron chi connectivity index (χ2n) is 2.97. The molecule has 0 amide bonds. The van der Waals surface area contributed by atoms with E-state index in [9.17, 15) is 0 Å². The second-order valence-corrected chi connectivity index (χ2v) is 2.97. The molecule has 0 spiro atoms. The average molecular weight is 154 g/mol. The second kappa shape index (κ2) is 5.11. The van der Waals surface area contributed by atoms with Crippen molar-refractivity contribution >= 4 is 0 Å². The van der Waals surface area contributed by atoms with Crippen LogP contribution in [0.15, 0.2) is 0 Å². The van der Waals surface area contributed by atoms with Crippen molar-refractivity contribution in [2.75, 3.05) is 32.7 Å². The molecule has 0 aromatic rings. The lowest BCUT2D eigenvalue weighted by atomic mass is 10.3. The molecule has 11 heavy (non-hydrogen) atoms. The van der Waals surface area contributed by atoms with Gasteiger partial charge in [-0.15, -0.1) is 0 Å². The molecule has 2 N–H and O–H groups in total. The van der Waals surface area contributed by atoms with Crippen molar-refractivity contribution in [3.63, 3.8) is 0 Å².